The summed E-state index contributed by atoms with van der Waals surface area (Å²) in [5, 5.41) is 6.88. The molecule has 0 aliphatic carbocycles. The van der Waals surface area contributed by atoms with Crippen LogP contribution >= 0.6 is 0 Å². The van der Waals surface area contributed by atoms with E-state index in [1.54, 1.807) is 6.20 Å². The number of aromatic nitrogens is 2. The molecule has 1 aromatic heterocycles. The Morgan fingerprint density at radius 2 is 2.22 bits per heavy atom. The second kappa shape index (κ2) is 3.77. The van der Waals surface area contributed by atoms with Gasteiger partial charge in [0.2, 0.25) is 0 Å². The predicted octanol–water partition coefficient (Wildman–Crippen LogP) is 2.76. The Morgan fingerprint density at radius 3 is 2.94 bits per heavy atom. The number of ether oxygens (including phenoxy) is 1. The molecule has 0 radical (unpaired) electrons. The number of benzene rings is 1. The molecule has 2 heterocycles. The summed E-state index contributed by atoms with van der Waals surface area (Å²) >= 11 is 0. The first-order chi connectivity index (χ1) is 8.55. The second-order valence-electron chi connectivity index (χ2n) is 5.38. The SMILES string of the molecule is CC1(C)CCc2cc(-c3[nH]ncc3N)ccc2O1. The van der Waals surface area contributed by atoms with Crippen molar-refractivity contribution in [1.82, 2.24) is 10.2 Å². The molecule has 0 bridgehead atoms. The summed E-state index contributed by atoms with van der Waals surface area (Å²) in [6.45, 7) is 4.24. The van der Waals surface area contributed by atoms with E-state index in [2.05, 4.69) is 30.1 Å². The van der Waals surface area contributed by atoms with E-state index >= 15 is 0 Å². The monoisotopic (exact) mass is 243 g/mol. The van der Waals surface area contributed by atoms with E-state index in [0.29, 0.717) is 5.69 Å². The van der Waals surface area contributed by atoms with Crippen LogP contribution in [-0.2, 0) is 6.42 Å². The van der Waals surface area contributed by atoms with Crippen LogP contribution in [0.15, 0.2) is 24.4 Å². The highest BCUT2D eigenvalue weighted by Crippen LogP contribution is 2.36. The Bertz CT molecular complexity index is 586. The molecule has 0 atom stereocenters. The summed E-state index contributed by atoms with van der Waals surface area (Å²) in [5.74, 6) is 0.980. The van der Waals surface area contributed by atoms with Crippen LogP contribution in [0.3, 0.4) is 0 Å². The van der Waals surface area contributed by atoms with E-state index in [4.69, 9.17) is 10.5 Å². The molecule has 1 aliphatic heterocycles. The van der Waals surface area contributed by atoms with Crippen LogP contribution in [0, 0.1) is 0 Å². The standard InChI is InChI=1S/C14H17N3O/c1-14(2)6-5-9-7-10(3-4-12(9)18-14)13-11(15)8-16-17-13/h3-4,7-8H,5-6,15H2,1-2H3,(H,16,17). The van der Waals surface area contributed by atoms with Crippen LogP contribution in [0.5, 0.6) is 5.75 Å². The van der Waals surface area contributed by atoms with E-state index < -0.39 is 0 Å². The van der Waals surface area contributed by atoms with Gasteiger partial charge in [-0.2, -0.15) is 5.10 Å². The minimum Gasteiger partial charge on any atom is -0.488 e. The topological polar surface area (TPSA) is 63.9 Å². The summed E-state index contributed by atoms with van der Waals surface area (Å²) in [5.41, 5.74) is 9.65. The molecule has 4 nitrogen and oxygen atoms in total. The van der Waals surface area contributed by atoms with Crippen molar-refractivity contribution < 1.29 is 4.74 Å². The van der Waals surface area contributed by atoms with Crippen LogP contribution in [0.2, 0.25) is 0 Å². The van der Waals surface area contributed by atoms with Crippen molar-refractivity contribution in [2.24, 2.45) is 0 Å². The minimum absolute atomic E-state index is 0.0679. The maximum absolute atomic E-state index is 5.96. The smallest absolute Gasteiger partial charge is 0.123 e. The van der Waals surface area contributed by atoms with Gasteiger partial charge < -0.3 is 10.5 Å². The quantitative estimate of drug-likeness (QED) is 0.809. The Kier molecular flexibility index (Phi) is 2.33. The fraction of sp³-hybridized carbons (Fsp3) is 0.357. The van der Waals surface area contributed by atoms with Gasteiger partial charge in [-0.3, -0.25) is 5.10 Å². The Hall–Kier alpha value is -1.97. The van der Waals surface area contributed by atoms with Gasteiger partial charge in [-0.1, -0.05) is 0 Å². The number of nitrogens with one attached hydrogen (secondary N) is 1. The number of hydrogen-bond donors (Lipinski definition) is 2. The van der Waals surface area contributed by atoms with Gasteiger partial charge in [-0.05, 0) is 50.5 Å². The number of rotatable bonds is 1. The summed E-state index contributed by atoms with van der Waals surface area (Å²) < 4.78 is 5.96. The van der Waals surface area contributed by atoms with Gasteiger partial charge in [0, 0.05) is 5.56 Å². The molecule has 1 aromatic carbocycles. The summed E-state index contributed by atoms with van der Waals surface area (Å²) in [6.07, 6.45) is 3.69. The molecule has 0 unspecified atom stereocenters. The molecule has 0 spiro atoms. The molecule has 0 saturated carbocycles. The molecule has 0 fully saturated rings. The third-order valence-electron chi connectivity index (χ3n) is 3.40. The van der Waals surface area contributed by atoms with E-state index in [1.165, 1.54) is 5.56 Å². The van der Waals surface area contributed by atoms with E-state index in [9.17, 15) is 0 Å². The number of aryl methyl sites for hydroxylation is 1. The van der Waals surface area contributed by atoms with Crippen LogP contribution in [0.4, 0.5) is 5.69 Å². The molecule has 94 valence electrons. The van der Waals surface area contributed by atoms with Crippen molar-refractivity contribution in [3.8, 4) is 17.0 Å². The number of aromatic amines is 1. The summed E-state index contributed by atoms with van der Waals surface area (Å²) in [4.78, 5) is 0. The zero-order valence-corrected chi connectivity index (χ0v) is 10.7. The molecule has 2 aromatic rings. The highest BCUT2D eigenvalue weighted by Gasteiger charge is 2.26. The number of nitrogen functional groups attached to an aromatic ring is 1. The van der Waals surface area contributed by atoms with Crippen LogP contribution in [0.25, 0.3) is 11.3 Å². The average molecular weight is 243 g/mol. The summed E-state index contributed by atoms with van der Waals surface area (Å²) in [7, 11) is 0. The molecule has 3 N–H and O–H groups in total. The number of anilines is 1. The van der Waals surface area contributed by atoms with Crippen LogP contribution < -0.4 is 10.5 Å². The number of nitrogens with zero attached hydrogens (tertiary/aromatic N) is 1. The molecule has 18 heavy (non-hydrogen) atoms. The number of nitrogens with two attached hydrogens (primary N) is 1. The van der Waals surface area contributed by atoms with E-state index in [-0.39, 0.29) is 5.60 Å². The van der Waals surface area contributed by atoms with Crippen molar-refractivity contribution in [2.45, 2.75) is 32.3 Å². The van der Waals surface area contributed by atoms with Gasteiger partial charge in [0.05, 0.1) is 17.6 Å². The maximum atomic E-state index is 5.96. The third kappa shape index (κ3) is 1.83. The lowest BCUT2D eigenvalue weighted by Gasteiger charge is -2.32. The Morgan fingerprint density at radius 1 is 1.39 bits per heavy atom. The lowest BCUT2D eigenvalue weighted by molar-refractivity contribution is 0.0847. The second-order valence-corrected chi connectivity index (χ2v) is 5.38. The van der Waals surface area contributed by atoms with Crippen LogP contribution in [-0.4, -0.2) is 15.8 Å². The highest BCUT2D eigenvalue weighted by atomic mass is 16.5. The average Bonchev–Trinajstić information content (AvgIpc) is 2.74. The van der Waals surface area contributed by atoms with Gasteiger partial charge in [-0.25, -0.2) is 0 Å². The van der Waals surface area contributed by atoms with Crippen molar-refractivity contribution in [2.75, 3.05) is 5.73 Å². The minimum atomic E-state index is -0.0679. The fourth-order valence-electron chi connectivity index (χ4n) is 2.34. The fourth-order valence-corrected chi connectivity index (χ4v) is 2.34. The largest absolute Gasteiger partial charge is 0.488 e. The molecule has 1 aliphatic rings. The first kappa shape index (κ1) is 11.1. The Labute approximate surface area is 106 Å². The molecular weight excluding hydrogens is 226 g/mol. The van der Waals surface area contributed by atoms with Gasteiger partial charge in [0.25, 0.3) is 0 Å². The van der Waals surface area contributed by atoms with Gasteiger partial charge >= 0.3 is 0 Å². The third-order valence-corrected chi connectivity index (χ3v) is 3.40. The van der Waals surface area contributed by atoms with Gasteiger partial charge in [0.1, 0.15) is 11.4 Å². The molecule has 0 saturated heterocycles. The molecule has 0 amide bonds. The Balaban J connectivity index is 2.01. The van der Waals surface area contributed by atoms with Gasteiger partial charge in [0.15, 0.2) is 0 Å². The van der Waals surface area contributed by atoms with Crippen molar-refractivity contribution in [1.29, 1.82) is 0 Å². The zero-order chi connectivity index (χ0) is 12.8. The van der Waals surface area contributed by atoms with Crippen molar-refractivity contribution in [3.63, 3.8) is 0 Å². The maximum Gasteiger partial charge on any atom is 0.123 e. The zero-order valence-electron chi connectivity index (χ0n) is 10.7. The van der Waals surface area contributed by atoms with Crippen molar-refractivity contribution >= 4 is 5.69 Å². The van der Waals surface area contributed by atoms with E-state index in [0.717, 1.165) is 29.8 Å². The van der Waals surface area contributed by atoms with E-state index in [1.807, 2.05) is 12.1 Å². The molecule has 4 heteroatoms. The van der Waals surface area contributed by atoms with Crippen molar-refractivity contribution in [3.05, 3.63) is 30.0 Å². The molecule has 3 rings (SSSR count). The lowest BCUT2D eigenvalue weighted by atomic mass is 9.93. The lowest BCUT2D eigenvalue weighted by Crippen LogP contribution is -2.32. The first-order valence-corrected chi connectivity index (χ1v) is 6.16. The number of H-pyrrole nitrogens is 1. The first-order valence-electron chi connectivity index (χ1n) is 6.16. The number of hydrogen-bond acceptors (Lipinski definition) is 3. The summed E-state index contributed by atoms with van der Waals surface area (Å²) in [6, 6.07) is 6.17. The van der Waals surface area contributed by atoms with Gasteiger partial charge in [-0.15, -0.1) is 0 Å². The number of fused-ring (bicyclic) bond motifs is 1. The predicted molar refractivity (Wildman–Crippen MR) is 71.5 cm³/mol. The molecular formula is C14H17N3O. The highest BCUT2D eigenvalue weighted by molar-refractivity contribution is 5.73. The normalized spacial score (nSPS) is 17.0. The van der Waals surface area contributed by atoms with Crippen LogP contribution in [0.1, 0.15) is 25.8 Å².